The van der Waals surface area contributed by atoms with E-state index >= 15 is 0 Å². The Morgan fingerprint density at radius 1 is 1.20 bits per heavy atom. The van der Waals surface area contributed by atoms with Crippen LogP contribution in [0.3, 0.4) is 0 Å². The van der Waals surface area contributed by atoms with E-state index in [0.717, 1.165) is 0 Å². The van der Waals surface area contributed by atoms with E-state index in [1.807, 2.05) is 13.8 Å². The summed E-state index contributed by atoms with van der Waals surface area (Å²) in [6.07, 6.45) is 3.39. The van der Waals surface area contributed by atoms with E-state index in [1.165, 1.54) is 36.7 Å². The maximum Gasteiger partial charge on any atom is 0.211 e. The van der Waals surface area contributed by atoms with Crippen LogP contribution in [0.25, 0.3) is 0 Å². The number of nitrogens with zero attached hydrogens (tertiary/aromatic N) is 2. The van der Waals surface area contributed by atoms with Crippen LogP contribution in [0.15, 0.2) is 46.5 Å². The molecular weight excluding hydrogens is 278 g/mol. The van der Waals surface area contributed by atoms with Gasteiger partial charge >= 0.3 is 0 Å². The fourth-order valence-corrected chi connectivity index (χ4v) is 2.88. The molecule has 1 aromatic heterocycles. The predicted octanol–water partition coefficient (Wildman–Crippen LogP) is 1.87. The average Bonchev–Trinajstić information content (AvgIpc) is 2.90. The Labute approximate surface area is 117 Å². The zero-order valence-electron chi connectivity index (χ0n) is 11.1. The number of amides is 1. The molecule has 1 amide bonds. The molecular formula is C13H15N3O3S. The summed E-state index contributed by atoms with van der Waals surface area (Å²) < 4.78 is 26.4. The Kier molecular flexibility index (Phi) is 3.89. The van der Waals surface area contributed by atoms with Crippen molar-refractivity contribution in [2.45, 2.75) is 29.7 Å². The minimum Gasteiger partial charge on any atom is -0.329 e. The van der Waals surface area contributed by atoms with Crippen LogP contribution in [0, 0.1) is 0 Å². The second-order valence-electron chi connectivity index (χ2n) is 4.54. The number of aromatic nitrogens is 2. The van der Waals surface area contributed by atoms with E-state index in [4.69, 9.17) is 0 Å². The number of anilines is 1. The molecule has 7 heteroatoms. The third kappa shape index (κ3) is 2.72. The Morgan fingerprint density at radius 3 is 2.35 bits per heavy atom. The number of nitrogens with one attached hydrogen (secondary N) is 1. The van der Waals surface area contributed by atoms with Crippen molar-refractivity contribution in [3.8, 4) is 0 Å². The molecule has 106 valence electrons. The first-order valence-corrected chi connectivity index (χ1v) is 7.53. The van der Waals surface area contributed by atoms with Crippen LogP contribution < -0.4 is 5.32 Å². The monoisotopic (exact) mass is 293 g/mol. The molecule has 2 rings (SSSR count). The van der Waals surface area contributed by atoms with Gasteiger partial charge in [0.15, 0.2) is 0 Å². The quantitative estimate of drug-likeness (QED) is 0.853. The molecule has 0 radical (unpaired) electrons. The highest BCUT2D eigenvalue weighted by atomic mass is 32.2. The van der Waals surface area contributed by atoms with Crippen molar-refractivity contribution in [2.24, 2.45) is 0 Å². The van der Waals surface area contributed by atoms with Crippen molar-refractivity contribution >= 4 is 21.9 Å². The lowest BCUT2D eigenvalue weighted by Crippen LogP contribution is -2.03. The molecule has 0 saturated heterocycles. The number of hydrogen-bond acceptors (Lipinski definition) is 4. The third-order valence-electron chi connectivity index (χ3n) is 2.81. The summed E-state index contributed by atoms with van der Waals surface area (Å²) in [7, 11) is -3.58. The molecule has 0 bridgehead atoms. The zero-order valence-corrected chi connectivity index (χ0v) is 12.0. The Balaban J connectivity index is 2.35. The number of rotatable bonds is 5. The molecule has 0 fully saturated rings. The predicted molar refractivity (Wildman–Crippen MR) is 74.2 cm³/mol. The molecule has 0 aliphatic carbocycles. The normalized spacial score (nSPS) is 11.6. The molecule has 20 heavy (non-hydrogen) atoms. The Bertz CT molecular complexity index is 703. The van der Waals surface area contributed by atoms with Gasteiger partial charge in [0.05, 0.1) is 11.1 Å². The van der Waals surface area contributed by atoms with Gasteiger partial charge in [-0.15, -0.1) is 0 Å². The lowest BCUT2D eigenvalue weighted by Gasteiger charge is -2.05. The lowest BCUT2D eigenvalue weighted by molar-refractivity contribution is -0.105. The summed E-state index contributed by atoms with van der Waals surface area (Å²) in [5, 5.41) is 6.49. The van der Waals surface area contributed by atoms with Gasteiger partial charge in [0.2, 0.25) is 16.2 Å². The van der Waals surface area contributed by atoms with Gasteiger partial charge in [0.1, 0.15) is 4.90 Å². The summed E-state index contributed by atoms with van der Waals surface area (Å²) in [4.78, 5) is 10.6. The van der Waals surface area contributed by atoms with Crippen molar-refractivity contribution in [3.63, 3.8) is 0 Å². The summed E-state index contributed by atoms with van der Waals surface area (Å²) in [6.45, 7) is 3.84. The summed E-state index contributed by atoms with van der Waals surface area (Å²) in [5.74, 6) is 0. The van der Waals surface area contributed by atoms with Gasteiger partial charge in [0, 0.05) is 17.9 Å². The van der Waals surface area contributed by atoms with Gasteiger partial charge in [0.25, 0.3) is 0 Å². The van der Waals surface area contributed by atoms with Crippen molar-refractivity contribution in [1.82, 2.24) is 9.78 Å². The molecule has 1 heterocycles. The van der Waals surface area contributed by atoms with Crippen LogP contribution in [0.2, 0.25) is 0 Å². The standard InChI is InChI=1S/C13H15N3O3S/c1-10(2)16-8-13(7-15-16)20(18,19)12-5-3-11(4-6-12)14-9-17/h3-10H,1-2H3,(H,14,17). The minimum atomic E-state index is -3.58. The molecule has 0 atom stereocenters. The van der Waals surface area contributed by atoms with Crippen molar-refractivity contribution < 1.29 is 13.2 Å². The maximum absolute atomic E-state index is 12.4. The summed E-state index contributed by atoms with van der Waals surface area (Å²) in [6, 6.07) is 6.07. The first kappa shape index (κ1) is 14.3. The Hall–Kier alpha value is -2.15. The molecule has 0 saturated carbocycles. The first-order valence-electron chi connectivity index (χ1n) is 6.04. The number of hydrogen-bond donors (Lipinski definition) is 1. The van der Waals surface area contributed by atoms with E-state index < -0.39 is 9.84 Å². The number of carbonyl (C=O) groups is 1. The summed E-state index contributed by atoms with van der Waals surface area (Å²) >= 11 is 0. The maximum atomic E-state index is 12.4. The van der Waals surface area contributed by atoms with E-state index in [2.05, 4.69) is 10.4 Å². The minimum absolute atomic E-state index is 0.0955. The van der Waals surface area contributed by atoms with Crippen LogP contribution in [-0.4, -0.2) is 24.6 Å². The SMILES string of the molecule is CC(C)n1cc(S(=O)(=O)c2ccc(NC=O)cc2)cn1. The largest absolute Gasteiger partial charge is 0.329 e. The highest BCUT2D eigenvalue weighted by molar-refractivity contribution is 7.91. The van der Waals surface area contributed by atoms with Gasteiger partial charge < -0.3 is 5.32 Å². The van der Waals surface area contributed by atoms with E-state index in [-0.39, 0.29) is 15.8 Å². The molecule has 0 unspecified atom stereocenters. The molecule has 2 aromatic rings. The van der Waals surface area contributed by atoms with Gasteiger partial charge in [-0.3, -0.25) is 9.48 Å². The Morgan fingerprint density at radius 2 is 1.85 bits per heavy atom. The van der Waals surface area contributed by atoms with Crippen LogP contribution in [0.1, 0.15) is 19.9 Å². The van der Waals surface area contributed by atoms with Gasteiger partial charge in [-0.25, -0.2) is 8.42 Å². The highest BCUT2D eigenvalue weighted by Crippen LogP contribution is 2.22. The smallest absolute Gasteiger partial charge is 0.211 e. The molecule has 0 aliphatic heterocycles. The van der Waals surface area contributed by atoms with Crippen molar-refractivity contribution in [2.75, 3.05) is 5.32 Å². The molecule has 1 aromatic carbocycles. The second-order valence-corrected chi connectivity index (χ2v) is 6.49. The molecule has 1 N–H and O–H groups in total. The number of carbonyl (C=O) groups excluding carboxylic acids is 1. The number of benzene rings is 1. The summed E-state index contributed by atoms with van der Waals surface area (Å²) in [5.41, 5.74) is 0.539. The van der Waals surface area contributed by atoms with Gasteiger partial charge in [-0.05, 0) is 38.1 Å². The van der Waals surface area contributed by atoms with Gasteiger partial charge in [-0.2, -0.15) is 5.10 Å². The van der Waals surface area contributed by atoms with Crippen LogP contribution in [0.4, 0.5) is 5.69 Å². The van der Waals surface area contributed by atoms with E-state index in [1.54, 1.807) is 4.68 Å². The molecule has 0 spiro atoms. The van der Waals surface area contributed by atoms with Crippen LogP contribution in [-0.2, 0) is 14.6 Å². The molecule has 6 nitrogen and oxygen atoms in total. The highest BCUT2D eigenvalue weighted by Gasteiger charge is 2.20. The fraction of sp³-hybridized carbons (Fsp3) is 0.231. The van der Waals surface area contributed by atoms with Crippen molar-refractivity contribution in [1.29, 1.82) is 0 Å². The zero-order chi connectivity index (χ0) is 14.8. The number of sulfone groups is 1. The average molecular weight is 293 g/mol. The van der Waals surface area contributed by atoms with Crippen LogP contribution >= 0.6 is 0 Å². The van der Waals surface area contributed by atoms with E-state index in [9.17, 15) is 13.2 Å². The van der Waals surface area contributed by atoms with E-state index in [0.29, 0.717) is 12.1 Å². The fourth-order valence-electron chi connectivity index (χ4n) is 1.68. The third-order valence-corrected chi connectivity index (χ3v) is 4.53. The van der Waals surface area contributed by atoms with Gasteiger partial charge in [-0.1, -0.05) is 0 Å². The van der Waals surface area contributed by atoms with Crippen molar-refractivity contribution in [3.05, 3.63) is 36.7 Å². The molecule has 0 aliphatic rings. The second kappa shape index (κ2) is 5.46. The topological polar surface area (TPSA) is 81.1 Å². The first-order chi connectivity index (χ1) is 9.45. The van der Waals surface area contributed by atoms with Crippen LogP contribution in [0.5, 0.6) is 0 Å². The lowest BCUT2D eigenvalue weighted by atomic mass is 10.3.